The molecule has 21 heavy (non-hydrogen) atoms. The minimum Gasteiger partial charge on any atom is -0.341 e. The Bertz CT molecular complexity index is 474. The summed E-state index contributed by atoms with van der Waals surface area (Å²) >= 11 is 0. The number of piperidine rings is 1. The van der Waals surface area contributed by atoms with Gasteiger partial charge in [-0.3, -0.25) is 9.69 Å². The van der Waals surface area contributed by atoms with Gasteiger partial charge in [-0.15, -0.1) is 0 Å². The first-order chi connectivity index (χ1) is 9.97. The number of halogens is 1. The van der Waals surface area contributed by atoms with Gasteiger partial charge < -0.3 is 4.90 Å². The van der Waals surface area contributed by atoms with E-state index in [1.165, 1.54) is 18.6 Å². The molecule has 116 valence electrons. The van der Waals surface area contributed by atoms with Crippen molar-refractivity contribution >= 4 is 5.91 Å². The van der Waals surface area contributed by atoms with Gasteiger partial charge in [0.1, 0.15) is 5.82 Å². The number of nitrogens with zero attached hydrogens (tertiary/aromatic N) is 2. The van der Waals surface area contributed by atoms with Crippen molar-refractivity contribution in [2.24, 2.45) is 5.92 Å². The topological polar surface area (TPSA) is 23.6 Å². The summed E-state index contributed by atoms with van der Waals surface area (Å²) in [6.07, 6.45) is 2.32. The normalized spacial score (nSPS) is 20.6. The lowest BCUT2D eigenvalue weighted by atomic mass is 10.0. The zero-order valence-corrected chi connectivity index (χ0v) is 13.2. The lowest BCUT2D eigenvalue weighted by Crippen LogP contribution is -2.44. The van der Waals surface area contributed by atoms with E-state index in [-0.39, 0.29) is 17.8 Å². The SMILES string of the molecule is CC1CCCN(C(=O)CN(C)C(C)c2ccc(F)cc2)C1. The van der Waals surface area contributed by atoms with Crippen molar-refractivity contribution in [2.45, 2.75) is 32.7 Å². The molecule has 1 aromatic carbocycles. The molecule has 3 nitrogen and oxygen atoms in total. The highest BCUT2D eigenvalue weighted by Crippen LogP contribution is 2.20. The van der Waals surface area contributed by atoms with E-state index in [0.717, 1.165) is 25.1 Å². The van der Waals surface area contributed by atoms with Crippen LogP contribution >= 0.6 is 0 Å². The molecule has 1 aliphatic heterocycles. The van der Waals surface area contributed by atoms with Crippen LogP contribution in [0.5, 0.6) is 0 Å². The second kappa shape index (κ2) is 7.03. The highest BCUT2D eigenvalue weighted by molar-refractivity contribution is 5.78. The zero-order valence-electron chi connectivity index (χ0n) is 13.2. The molecular weight excluding hydrogens is 267 g/mol. The number of carbonyl (C=O) groups excluding carboxylic acids is 1. The van der Waals surface area contributed by atoms with Gasteiger partial charge in [-0.05, 0) is 50.4 Å². The molecule has 2 unspecified atom stereocenters. The molecule has 4 heteroatoms. The molecule has 1 heterocycles. The maximum Gasteiger partial charge on any atom is 0.236 e. The van der Waals surface area contributed by atoms with Crippen LogP contribution in [0.15, 0.2) is 24.3 Å². The van der Waals surface area contributed by atoms with Gasteiger partial charge in [0.25, 0.3) is 0 Å². The monoisotopic (exact) mass is 292 g/mol. The van der Waals surface area contributed by atoms with Crippen molar-refractivity contribution in [3.05, 3.63) is 35.6 Å². The van der Waals surface area contributed by atoms with Crippen molar-refractivity contribution in [3.63, 3.8) is 0 Å². The van der Waals surface area contributed by atoms with Crippen LogP contribution in [0.4, 0.5) is 4.39 Å². The Morgan fingerprint density at radius 1 is 1.43 bits per heavy atom. The van der Waals surface area contributed by atoms with E-state index in [0.29, 0.717) is 12.5 Å². The predicted octanol–water partition coefficient (Wildman–Crippen LogP) is 3.08. The summed E-state index contributed by atoms with van der Waals surface area (Å²) in [4.78, 5) is 16.4. The smallest absolute Gasteiger partial charge is 0.236 e. The Balaban J connectivity index is 1.92. The molecule has 2 atom stereocenters. The van der Waals surface area contributed by atoms with Gasteiger partial charge in [-0.25, -0.2) is 4.39 Å². The first-order valence-electron chi connectivity index (χ1n) is 7.71. The molecule has 1 saturated heterocycles. The number of benzene rings is 1. The Morgan fingerprint density at radius 2 is 2.10 bits per heavy atom. The van der Waals surface area contributed by atoms with Crippen molar-refractivity contribution in [2.75, 3.05) is 26.7 Å². The van der Waals surface area contributed by atoms with E-state index >= 15 is 0 Å². The molecule has 1 aliphatic rings. The third-order valence-electron chi connectivity index (χ3n) is 4.41. The number of rotatable bonds is 4. The molecule has 1 amide bonds. The fourth-order valence-corrected chi connectivity index (χ4v) is 2.86. The molecule has 0 aromatic heterocycles. The van der Waals surface area contributed by atoms with Gasteiger partial charge >= 0.3 is 0 Å². The van der Waals surface area contributed by atoms with Crippen molar-refractivity contribution < 1.29 is 9.18 Å². The van der Waals surface area contributed by atoms with Gasteiger partial charge in [0.05, 0.1) is 6.54 Å². The highest BCUT2D eigenvalue weighted by Gasteiger charge is 2.23. The average molecular weight is 292 g/mol. The van der Waals surface area contributed by atoms with Crippen LogP contribution in [-0.4, -0.2) is 42.4 Å². The zero-order chi connectivity index (χ0) is 15.4. The summed E-state index contributed by atoms with van der Waals surface area (Å²) in [6, 6.07) is 6.59. The van der Waals surface area contributed by atoms with Crippen molar-refractivity contribution in [1.82, 2.24) is 9.80 Å². The van der Waals surface area contributed by atoms with Crippen molar-refractivity contribution in [1.29, 1.82) is 0 Å². The second-order valence-electron chi connectivity index (χ2n) is 6.23. The third-order valence-corrected chi connectivity index (χ3v) is 4.41. The van der Waals surface area contributed by atoms with Crippen LogP contribution in [0.3, 0.4) is 0 Å². The van der Waals surface area contributed by atoms with E-state index in [2.05, 4.69) is 6.92 Å². The van der Waals surface area contributed by atoms with E-state index in [1.54, 1.807) is 12.1 Å². The lowest BCUT2D eigenvalue weighted by Gasteiger charge is -2.33. The van der Waals surface area contributed by atoms with E-state index in [1.807, 2.05) is 23.8 Å². The first kappa shape index (κ1) is 16.0. The Hall–Kier alpha value is -1.42. The summed E-state index contributed by atoms with van der Waals surface area (Å²) in [6.45, 7) is 6.40. The minimum absolute atomic E-state index is 0.0942. The quantitative estimate of drug-likeness (QED) is 0.851. The van der Waals surface area contributed by atoms with Gasteiger partial charge in [-0.1, -0.05) is 19.1 Å². The number of hydrogen-bond acceptors (Lipinski definition) is 2. The van der Waals surface area contributed by atoms with E-state index < -0.39 is 0 Å². The molecule has 0 radical (unpaired) electrons. The van der Waals surface area contributed by atoms with E-state index in [9.17, 15) is 9.18 Å². The fraction of sp³-hybridized carbons (Fsp3) is 0.588. The lowest BCUT2D eigenvalue weighted by molar-refractivity contribution is -0.134. The molecule has 0 N–H and O–H groups in total. The van der Waals surface area contributed by atoms with Crippen LogP contribution in [-0.2, 0) is 4.79 Å². The van der Waals surface area contributed by atoms with Gasteiger partial charge in [-0.2, -0.15) is 0 Å². The predicted molar refractivity (Wildman–Crippen MR) is 82.4 cm³/mol. The van der Waals surface area contributed by atoms with Gasteiger partial charge in [0.2, 0.25) is 5.91 Å². The first-order valence-corrected chi connectivity index (χ1v) is 7.71. The third kappa shape index (κ3) is 4.27. The summed E-state index contributed by atoms with van der Waals surface area (Å²) in [7, 11) is 1.94. The number of hydrogen-bond donors (Lipinski definition) is 0. The maximum atomic E-state index is 13.0. The van der Waals surface area contributed by atoms with Gasteiger partial charge in [0.15, 0.2) is 0 Å². The summed E-state index contributed by atoms with van der Waals surface area (Å²) < 4.78 is 13.0. The molecule has 1 aromatic rings. The summed E-state index contributed by atoms with van der Waals surface area (Å²) in [5.74, 6) is 0.563. The summed E-state index contributed by atoms with van der Waals surface area (Å²) in [5, 5.41) is 0. The Labute approximate surface area is 126 Å². The Morgan fingerprint density at radius 3 is 2.71 bits per heavy atom. The fourth-order valence-electron chi connectivity index (χ4n) is 2.86. The molecule has 1 fully saturated rings. The average Bonchev–Trinajstić information content (AvgIpc) is 2.47. The number of likely N-dealkylation sites (tertiary alicyclic amines) is 1. The van der Waals surface area contributed by atoms with Crippen LogP contribution < -0.4 is 0 Å². The largest absolute Gasteiger partial charge is 0.341 e. The Kier molecular flexibility index (Phi) is 5.34. The maximum absolute atomic E-state index is 13.0. The number of carbonyl (C=O) groups is 1. The summed E-state index contributed by atoms with van der Waals surface area (Å²) in [5.41, 5.74) is 1.03. The van der Waals surface area contributed by atoms with Crippen LogP contribution in [0.2, 0.25) is 0 Å². The number of likely N-dealkylation sites (N-methyl/N-ethyl adjacent to an activating group) is 1. The number of amides is 1. The van der Waals surface area contributed by atoms with Crippen molar-refractivity contribution in [3.8, 4) is 0 Å². The molecule has 0 aliphatic carbocycles. The molecule has 0 bridgehead atoms. The van der Waals surface area contributed by atoms with Crippen LogP contribution in [0.25, 0.3) is 0 Å². The second-order valence-corrected chi connectivity index (χ2v) is 6.23. The van der Waals surface area contributed by atoms with Gasteiger partial charge in [0, 0.05) is 19.1 Å². The molecule has 2 rings (SSSR count). The molecule has 0 saturated carbocycles. The highest BCUT2D eigenvalue weighted by atomic mass is 19.1. The van der Waals surface area contributed by atoms with Crippen LogP contribution in [0.1, 0.15) is 38.3 Å². The van der Waals surface area contributed by atoms with Crippen LogP contribution in [0, 0.1) is 11.7 Å². The van der Waals surface area contributed by atoms with E-state index in [4.69, 9.17) is 0 Å². The minimum atomic E-state index is -0.230. The standard InChI is InChI=1S/C17H25FN2O/c1-13-5-4-10-20(11-13)17(21)12-19(3)14(2)15-6-8-16(18)9-7-15/h6-9,13-14H,4-5,10-12H2,1-3H3. The molecular formula is C17H25FN2O. The molecule has 0 spiro atoms.